The van der Waals surface area contributed by atoms with Crippen LogP contribution in [0.3, 0.4) is 0 Å². The molecule has 1 aromatic carbocycles. The molecule has 0 radical (unpaired) electrons. The number of carbonyl (C=O) groups excluding carboxylic acids is 1. The zero-order valence-electron chi connectivity index (χ0n) is 11.2. The number of aromatic carboxylic acids is 1. The molecule has 0 atom stereocenters. The van der Waals surface area contributed by atoms with Gasteiger partial charge < -0.3 is 15.2 Å². The maximum atomic E-state index is 12.6. The zero-order valence-corrected chi connectivity index (χ0v) is 11.2. The molecule has 21 heavy (non-hydrogen) atoms. The Morgan fingerprint density at radius 1 is 1.33 bits per heavy atom. The number of anilines is 1. The van der Waals surface area contributed by atoms with Gasteiger partial charge in [-0.2, -0.15) is 13.2 Å². The lowest BCUT2D eigenvalue weighted by Gasteiger charge is -2.12. The smallest absolute Gasteiger partial charge is 0.416 e. The third kappa shape index (κ3) is 5.07. The molecule has 0 saturated carbocycles. The number of ether oxygens (including phenoxy) is 1. The number of halogens is 3. The monoisotopic (exact) mass is 305 g/mol. The van der Waals surface area contributed by atoms with Crippen molar-refractivity contribution in [1.82, 2.24) is 0 Å². The Morgan fingerprint density at radius 3 is 2.52 bits per heavy atom. The minimum atomic E-state index is -4.62. The zero-order chi connectivity index (χ0) is 16.0. The maximum absolute atomic E-state index is 12.6. The second kappa shape index (κ2) is 7.07. The quantitative estimate of drug-likeness (QED) is 0.792. The lowest BCUT2D eigenvalue weighted by molar-refractivity contribution is -0.137. The van der Waals surface area contributed by atoms with Gasteiger partial charge in [-0.25, -0.2) is 4.79 Å². The van der Waals surface area contributed by atoms with Gasteiger partial charge >= 0.3 is 12.1 Å². The van der Waals surface area contributed by atoms with Crippen molar-refractivity contribution in [3.63, 3.8) is 0 Å². The standard InChI is InChI=1S/C13H14F3NO4/c1-21-6-2-3-11(18)17-10-7-8(13(14,15)16)4-5-9(10)12(19)20/h4-5,7H,2-3,6H2,1H3,(H,17,18)(H,19,20). The molecule has 8 heteroatoms. The summed E-state index contributed by atoms with van der Waals surface area (Å²) in [6, 6.07) is 2.08. The molecule has 0 heterocycles. The van der Waals surface area contributed by atoms with Crippen molar-refractivity contribution < 1.29 is 32.6 Å². The summed E-state index contributed by atoms with van der Waals surface area (Å²) in [6.45, 7) is 0.321. The first-order chi connectivity index (χ1) is 9.75. The van der Waals surface area contributed by atoms with Crippen LogP contribution in [0.25, 0.3) is 0 Å². The van der Waals surface area contributed by atoms with Crippen molar-refractivity contribution in [1.29, 1.82) is 0 Å². The molecule has 0 aromatic heterocycles. The van der Waals surface area contributed by atoms with Crippen molar-refractivity contribution >= 4 is 17.6 Å². The molecule has 0 unspecified atom stereocenters. The van der Waals surface area contributed by atoms with Crippen molar-refractivity contribution in [3.05, 3.63) is 29.3 Å². The van der Waals surface area contributed by atoms with Crippen molar-refractivity contribution in [2.75, 3.05) is 19.0 Å². The number of alkyl halides is 3. The highest BCUT2D eigenvalue weighted by Crippen LogP contribution is 2.32. The van der Waals surface area contributed by atoms with Gasteiger partial charge in [0.25, 0.3) is 0 Å². The number of carboxylic acid groups (broad SMARTS) is 1. The Labute approximate surface area is 118 Å². The van der Waals surface area contributed by atoms with Gasteiger partial charge in [-0.1, -0.05) is 0 Å². The van der Waals surface area contributed by atoms with E-state index < -0.39 is 29.2 Å². The number of nitrogens with one attached hydrogen (secondary N) is 1. The number of benzene rings is 1. The van der Waals surface area contributed by atoms with Crippen LogP contribution in [0.1, 0.15) is 28.8 Å². The van der Waals surface area contributed by atoms with Crippen LogP contribution >= 0.6 is 0 Å². The van der Waals surface area contributed by atoms with E-state index in [0.29, 0.717) is 25.2 Å². The first-order valence-electron chi connectivity index (χ1n) is 5.99. The summed E-state index contributed by atoms with van der Waals surface area (Å²) >= 11 is 0. The van der Waals surface area contributed by atoms with Crippen LogP contribution < -0.4 is 5.32 Å². The average molecular weight is 305 g/mol. The maximum Gasteiger partial charge on any atom is 0.416 e. The molecular formula is C13H14F3NO4. The van der Waals surface area contributed by atoms with Crippen molar-refractivity contribution in [2.24, 2.45) is 0 Å². The van der Waals surface area contributed by atoms with Crippen LogP contribution in [0.2, 0.25) is 0 Å². The summed E-state index contributed by atoms with van der Waals surface area (Å²) in [4.78, 5) is 22.6. The Morgan fingerprint density at radius 2 is 2.00 bits per heavy atom. The van der Waals surface area contributed by atoms with Gasteiger partial charge in [0, 0.05) is 20.1 Å². The van der Waals surface area contributed by atoms with Gasteiger partial charge in [-0.15, -0.1) is 0 Å². The first-order valence-corrected chi connectivity index (χ1v) is 5.99. The second-order valence-corrected chi connectivity index (χ2v) is 4.21. The van der Waals surface area contributed by atoms with E-state index in [0.717, 1.165) is 6.07 Å². The lowest BCUT2D eigenvalue weighted by atomic mass is 10.1. The molecule has 5 nitrogen and oxygen atoms in total. The summed E-state index contributed by atoms with van der Waals surface area (Å²) in [5.74, 6) is -2.00. The van der Waals surface area contributed by atoms with E-state index in [-0.39, 0.29) is 12.1 Å². The van der Waals surface area contributed by atoms with Crippen molar-refractivity contribution in [2.45, 2.75) is 19.0 Å². The number of methoxy groups -OCH3 is 1. The molecule has 0 aliphatic carbocycles. The highest BCUT2D eigenvalue weighted by molar-refractivity contribution is 6.00. The Bertz CT molecular complexity index is 529. The highest BCUT2D eigenvalue weighted by atomic mass is 19.4. The van der Waals surface area contributed by atoms with Crippen LogP contribution in [-0.2, 0) is 15.7 Å². The Hall–Kier alpha value is -2.09. The average Bonchev–Trinajstić information content (AvgIpc) is 2.37. The van der Waals surface area contributed by atoms with E-state index >= 15 is 0 Å². The normalized spacial score (nSPS) is 11.2. The summed E-state index contributed by atoms with van der Waals surface area (Å²) < 4.78 is 42.6. The molecule has 0 saturated heterocycles. The van der Waals surface area contributed by atoms with E-state index in [1.54, 1.807) is 0 Å². The fourth-order valence-electron chi connectivity index (χ4n) is 1.60. The number of hydrogen-bond acceptors (Lipinski definition) is 3. The van der Waals surface area contributed by atoms with Gasteiger partial charge in [-0.3, -0.25) is 4.79 Å². The second-order valence-electron chi connectivity index (χ2n) is 4.21. The minimum Gasteiger partial charge on any atom is -0.478 e. The van der Waals surface area contributed by atoms with Gasteiger partial charge in [0.05, 0.1) is 16.8 Å². The minimum absolute atomic E-state index is 0.0170. The van der Waals surface area contributed by atoms with E-state index in [1.807, 2.05) is 0 Å². The third-order valence-electron chi connectivity index (χ3n) is 2.60. The van der Waals surface area contributed by atoms with Gasteiger partial charge in [0.1, 0.15) is 0 Å². The fourth-order valence-corrected chi connectivity index (χ4v) is 1.60. The summed E-state index contributed by atoms with van der Waals surface area (Å²) in [7, 11) is 1.45. The summed E-state index contributed by atoms with van der Waals surface area (Å²) in [5.41, 5.74) is -1.80. The largest absolute Gasteiger partial charge is 0.478 e. The highest BCUT2D eigenvalue weighted by Gasteiger charge is 2.31. The molecule has 0 bridgehead atoms. The van der Waals surface area contributed by atoms with Gasteiger partial charge in [0.2, 0.25) is 5.91 Å². The molecule has 1 aromatic rings. The molecule has 0 fully saturated rings. The Kier molecular flexibility index (Phi) is 5.71. The molecule has 116 valence electrons. The van der Waals surface area contributed by atoms with Crippen LogP contribution in [0, 0.1) is 0 Å². The summed E-state index contributed by atoms with van der Waals surface area (Å²) in [6.07, 6.45) is -4.22. The predicted octanol–water partition coefficient (Wildman–Crippen LogP) is 2.77. The molecule has 2 N–H and O–H groups in total. The third-order valence-corrected chi connectivity index (χ3v) is 2.60. The topological polar surface area (TPSA) is 75.6 Å². The number of carboxylic acids is 1. The van der Waals surface area contributed by atoms with E-state index in [2.05, 4.69) is 5.32 Å². The number of amides is 1. The van der Waals surface area contributed by atoms with Crippen LogP contribution in [0.15, 0.2) is 18.2 Å². The van der Waals surface area contributed by atoms with E-state index in [9.17, 15) is 22.8 Å². The van der Waals surface area contributed by atoms with Crippen molar-refractivity contribution in [3.8, 4) is 0 Å². The predicted molar refractivity (Wildman–Crippen MR) is 68.1 cm³/mol. The molecule has 1 amide bonds. The van der Waals surface area contributed by atoms with E-state index in [1.165, 1.54) is 7.11 Å². The molecule has 0 aliphatic rings. The van der Waals surface area contributed by atoms with Gasteiger partial charge in [-0.05, 0) is 24.6 Å². The van der Waals surface area contributed by atoms with Gasteiger partial charge in [0.15, 0.2) is 0 Å². The number of rotatable bonds is 6. The molecule has 1 rings (SSSR count). The Balaban J connectivity index is 2.96. The molecule has 0 aliphatic heterocycles. The van der Waals surface area contributed by atoms with E-state index in [4.69, 9.17) is 9.84 Å². The van der Waals surface area contributed by atoms with Crippen LogP contribution in [0.5, 0.6) is 0 Å². The fraction of sp³-hybridized carbons (Fsp3) is 0.385. The molecular weight excluding hydrogens is 291 g/mol. The van der Waals surface area contributed by atoms with Crippen LogP contribution in [0.4, 0.5) is 18.9 Å². The SMILES string of the molecule is COCCCC(=O)Nc1cc(C(F)(F)F)ccc1C(=O)O. The number of carbonyl (C=O) groups is 2. The first kappa shape index (κ1) is 17.0. The molecule has 0 spiro atoms. The lowest BCUT2D eigenvalue weighted by Crippen LogP contribution is -2.16. The van der Waals surface area contributed by atoms with Crippen LogP contribution in [-0.4, -0.2) is 30.7 Å². The number of hydrogen-bond donors (Lipinski definition) is 2. The summed E-state index contributed by atoms with van der Waals surface area (Å²) in [5, 5.41) is 11.1.